The van der Waals surface area contributed by atoms with E-state index in [2.05, 4.69) is 35.6 Å². The summed E-state index contributed by atoms with van der Waals surface area (Å²) in [5, 5.41) is 3.56. The molecular formula is C19H28N2O2. The summed E-state index contributed by atoms with van der Waals surface area (Å²) in [6, 6.07) is 10.8. The number of likely N-dealkylation sites (tertiary alicyclic amines) is 1. The van der Waals surface area contributed by atoms with Crippen LogP contribution in [0.4, 0.5) is 4.79 Å². The van der Waals surface area contributed by atoms with Crippen LogP contribution in [-0.4, -0.2) is 42.8 Å². The van der Waals surface area contributed by atoms with E-state index < -0.39 is 5.60 Å². The highest BCUT2D eigenvalue weighted by Gasteiger charge is 2.39. The van der Waals surface area contributed by atoms with Gasteiger partial charge in [-0.05, 0) is 57.1 Å². The van der Waals surface area contributed by atoms with Crippen LogP contribution >= 0.6 is 0 Å². The third-order valence-electron chi connectivity index (χ3n) is 4.96. The zero-order chi connectivity index (χ0) is 16.4. The maximum absolute atomic E-state index is 12.3. The fourth-order valence-corrected chi connectivity index (χ4v) is 3.93. The number of ether oxygens (including phenoxy) is 1. The van der Waals surface area contributed by atoms with Gasteiger partial charge in [0, 0.05) is 19.6 Å². The predicted octanol–water partition coefficient (Wildman–Crippen LogP) is 3.25. The number of rotatable bonds is 1. The Bertz CT molecular complexity index is 538. The van der Waals surface area contributed by atoms with E-state index in [9.17, 15) is 4.79 Å². The van der Waals surface area contributed by atoms with Gasteiger partial charge in [-0.25, -0.2) is 4.79 Å². The molecule has 1 N–H and O–H groups in total. The molecule has 2 heterocycles. The zero-order valence-corrected chi connectivity index (χ0v) is 14.4. The molecule has 4 heteroatoms. The van der Waals surface area contributed by atoms with Gasteiger partial charge in [-0.2, -0.15) is 0 Å². The van der Waals surface area contributed by atoms with Crippen molar-refractivity contribution in [1.29, 1.82) is 0 Å². The number of amides is 1. The molecule has 1 aromatic rings. The van der Waals surface area contributed by atoms with Crippen molar-refractivity contribution in [3.8, 4) is 0 Å². The van der Waals surface area contributed by atoms with Crippen LogP contribution in [0.25, 0.3) is 0 Å². The molecule has 1 aromatic carbocycles. The van der Waals surface area contributed by atoms with Gasteiger partial charge in [0.25, 0.3) is 0 Å². The van der Waals surface area contributed by atoms with Crippen LogP contribution in [0.15, 0.2) is 30.3 Å². The lowest BCUT2D eigenvalue weighted by Crippen LogP contribution is -2.53. The van der Waals surface area contributed by atoms with Crippen molar-refractivity contribution < 1.29 is 9.53 Å². The topological polar surface area (TPSA) is 41.6 Å². The summed E-state index contributed by atoms with van der Waals surface area (Å²) in [7, 11) is 0. The van der Waals surface area contributed by atoms with Crippen molar-refractivity contribution in [2.24, 2.45) is 11.8 Å². The number of piperidine rings is 2. The fourth-order valence-electron chi connectivity index (χ4n) is 3.93. The summed E-state index contributed by atoms with van der Waals surface area (Å²) in [5.41, 5.74) is 0.992. The van der Waals surface area contributed by atoms with Crippen molar-refractivity contribution >= 4 is 6.09 Å². The van der Waals surface area contributed by atoms with Crippen LogP contribution in [0, 0.1) is 11.8 Å². The normalized spacial score (nSPS) is 28.1. The number of fused-ring (bicyclic) bond motifs is 1. The fraction of sp³-hybridized carbons (Fsp3) is 0.632. The zero-order valence-electron chi connectivity index (χ0n) is 14.4. The Kier molecular flexibility index (Phi) is 4.62. The molecule has 4 nitrogen and oxygen atoms in total. The summed E-state index contributed by atoms with van der Waals surface area (Å²) >= 11 is 0. The Labute approximate surface area is 139 Å². The Morgan fingerprint density at radius 3 is 2.65 bits per heavy atom. The first-order chi connectivity index (χ1) is 10.9. The Balaban J connectivity index is 1.67. The minimum absolute atomic E-state index is 0.169. The number of hydrogen-bond donors (Lipinski definition) is 1. The lowest BCUT2D eigenvalue weighted by Gasteiger charge is -2.45. The molecule has 0 spiro atoms. The molecule has 3 atom stereocenters. The average molecular weight is 316 g/mol. The van der Waals surface area contributed by atoms with E-state index in [0.29, 0.717) is 17.8 Å². The number of carbonyl (C=O) groups is 1. The van der Waals surface area contributed by atoms with Gasteiger partial charge in [0.1, 0.15) is 5.60 Å². The second kappa shape index (κ2) is 6.52. The van der Waals surface area contributed by atoms with Gasteiger partial charge in [0.2, 0.25) is 0 Å². The largest absolute Gasteiger partial charge is 0.444 e. The molecule has 0 bridgehead atoms. The molecule has 2 aliphatic rings. The van der Waals surface area contributed by atoms with Gasteiger partial charge >= 0.3 is 6.09 Å². The average Bonchev–Trinajstić information content (AvgIpc) is 2.53. The van der Waals surface area contributed by atoms with Crippen LogP contribution in [0.3, 0.4) is 0 Å². The predicted molar refractivity (Wildman–Crippen MR) is 91.5 cm³/mol. The minimum atomic E-state index is -0.425. The van der Waals surface area contributed by atoms with Gasteiger partial charge in [0.15, 0.2) is 0 Å². The van der Waals surface area contributed by atoms with Gasteiger partial charge in [-0.1, -0.05) is 30.3 Å². The molecule has 2 aliphatic heterocycles. The molecule has 3 unspecified atom stereocenters. The Morgan fingerprint density at radius 2 is 1.96 bits per heavy atom. The molecule has 2 fully saturated rings. The molecular weight excluding hydrogens is 288 g/mol. The van der Waals surface area contributed by atoms with E-state index >= 15 is 0 Å². The molecule has 3 rings (SSSR count). The maximum atomic E-state index is 12.3. The third kappa shape index (κ3) is 3.86. The van der Waals surface area contributed by atoms with Crippen molar-refractivity contribution in [1.82, 2.24) is 10.2 Å². The molecule has 1 amide bonds. The standard InChI is InChI=1S/C19H28N2O2/c1-19(2,3)23-18(22)21-10-9-16-15(13-21)11-20-12-17(16)14-7-5-4-6-8-14/h4-8,15-17,20H,9-13H2,1-3H3. The highest BCUT2D eigenvalue weighted by molar-refractivity contribution is 5.68. The van der Waals surface area contributed by atoms with Crippen LogP contribution in [0.2, 0.25) is 0 Å². The number of carbonyl (C=O) groups excluding carboxylic acids is 1. The third-order valence-corrected chi connectivity index (χ3v) is 4.96. The van der Waals surface area contributed by atoms with Crippen molar-refractivity contribution in [3.63, 3.8) is 0 Å². The first-order valence-corrected chi connectivity index (χ1v) is 8.67. The quantitative estimate of drug-likeness (QED) is 0.865. The first kappa shape index (κ1) is 16.3. The van der Waals surface area contributed by atoms with Crippen molar-refractivity contribution in [2.75, 3.05) is 26.2 Å². The number of benzene rings is 1. The molecule has 0 radical (unpaired) electrons. The molecule has 0 saturated carbocycles. The number of nitrogens with zero attached hydrogens (tertiary/aromatic N) is 1. The van der Waals surface area contributed by atoms with Crippen LogP contribution in [0.1, 0.15) is 38.7 Å². The highest BCUT2D eigenvalue weighted by atomic mass is 16.6. The molecule has 0 aliphatic carbocycles. The lowest BCUT2D eigenvalue weighted by atomic mass is 9.71. The van der Waals surface area contributed by atoms with E-state index in [1.165, 1.54) is 5.56 Å². The van der Waals surface area contributed by atoms with E-state index in [-0.39, 0.29) is 6.09 Å². The summed E-state index contributed by atoms with van der Waals surface area (Å²) in [6.45, 7) is 9.40. The molecule has 0 aromatic heterocycles. The molecule has 23 heavy (non-hydrogen) atoms. The van der Waals surface area contributed by atoms with E-state index in [1.54, 1.807) is 0 Å². The lowest BCUT2D eigenvalue weighted by molar-refractivity contribution is 0.00498. The summed E-state index contributed by atoms with van der Waals surface area (Å²) < 4.78 is 5.53. The van der Waals surface area contributed by atoms with E-state index in [4.69, 9.17) is 4.74 Å². The van der Waals surface area contributed by atoms with Crippen LogP contribution < -0.4 is 5.32 Å². The maximum Gasteiger partial charge on any atom is 0.410 e. The number of nitrogens with one attached hydrogen (secondary N) is 1. The summed E-state index contributed by atoms with van der Waals surface area (Å²) in [6.07, 6.45) is 0.892. The van der Waals surface area contributed by atoms with Crippen molar-refractivity contribution in [2.45, 2.75) is 38.7 Å². The Morgan fingerprint density at radius 1 is 1.22 bits per heavy atom. The van der Waals surface area contributed by atoms with Crippen molar-refractivity contribution in [3.05, 3.63) is 35.9 Å². The highest BCUT2D eigenvalue weighted by Crippen LogP contribution is 2.38. The van der Waals surface area contributed by atoms with Crippen LogP contribution in [0.5, 0.6) is 0 Å². The summed E-state index contributed by atoms with van der Waals surface area (Å²) in [5.74, 6) is 1.71. The van der Waals surface area contributed by atoms with E-state index in [1.807, 2.05) is 25.7 Å². The van der Waals surface area contributed by atoms with Crippen LogP contribution in [-0.2, 0) is 4.74 Å². The van der Waals surface area contributed by atoms with Gasteiger partial charge in [-0.3, -0.25) is 0 Å². The first-order valence-electron chi connectivity index (χ1n) is 8.67. The summed E-state index contributed by atoms with van der Waals surface area (Å²) in [4.78, 5) is 14.2. The minimum Gasteiger partial charge on any atom is -0.444 e. The van der Waals surface area contributed by atoms with Gasteiger partial charge < -0.3 is 15.0 Å². The second-order valence-electron chi connectivity index (χ2n) is 7.81. The Hall–Kier alpha value is -1.55. The van der Waals surface area contributed by atoms with Gasteiger partial charge in [0.05, 0.1) is 0 Å². The second-order valence-corrected chi connectivity index (χ2v) is 7.81. The van der Waals surface area contributed by atoms with Gasteiger partial charge in [-0.15, -0.1) is 0 Å². The SMILES string of the molecule is CC(C)(C)OC(=O)N1CCC2C(CNCC2c2ccccc2)C1. The van der Waals surface area contributed by atoms with E-state index in [0.717, 1.165) is 32.6 Å². The molecule has 2 saturated heterocycles. The smallest absolute Gasteiger partial charge is 0.410 e. The number of hydrogen-bond acceptors (Lipinski definition) is 3. The molecule has 126 valence electrons. The monoisotopic (exact) mass is 316 g/mol.